The number of ether oxygens (including phenoxy) is 2. The molecule has 1 amide bonds. The SMILES string of the molecule is COc1ccc(COC(=O)C2=C(CSc3cc[n+](CCF)cc3)CS[C@H]3C(N)C(=O)N23)cc1. The molecule has 1 unspecified atom stereocenters. The first-order valence-electron chi connectivity index (χ1n) is 10.4. The second-order valence-corrected chi connectivity index (χ2v) is 9.72. The van der Waals surface area contributed by atoms with Crippen LogP contribution >= 0.6 is 23.5 Å². The number of amides is 1. The van der Waals surface area contributed by atoms with E-state index in [4.69, 9.17) is 15.2 Å². The number of nitrogens with zero attached hydrogens (tertiary/aromatic N) is 2. The van der Waals surface area contributed by atoms with E-state index in [9.17, 15) is 14.0 Å². The van der Waals surface area contributed by atoms with Crippen molar-refractivity contribution in [3.63, 3.8) is 0 Å². The molecule has 10 heteroatoms. The molecule has 33 heavy (non-hydrogen) atoms. The third-order valence-corrected chi connectivity index (χ3v) is 7.89. The Morgan fingerprint density at radius 1 is 1.27 bits per heavy atom. The molecule has 1 fully saturated rings. The number of nitrogens with two attached hydrogens (primary N) is 1. The van der Waals surface area contributed by atoms with Gasteiger partial charge in [-0.3, -0.25) is 9.69 Å². The van der Waals surface area contributed by atoms with Gasteiger partial charge in [-0.2, -0.15) is 0 Å². The summed E-state index contributed by atoms with van der Waals surface area (Å²) in [5.74, 6) is 1.05. The fraction of sp³-hybridized carbons (Fsp3) is 0.348. The zero-order valence-corrected chi connectivity index (χ0v) is 19.7. The number of halogens is 1. The van der Waals surface area contributed by atoms with Gasteiger partial charge in [0.05, 0.1) is 7.11 Å². The molecule has 2 aromatic rings. The average Bonchev–Trinajstić information content (AvgIpc) is 2.86. The molecule has 7 nitrogen and oxygen atoms in total. The number of carbonyl (C=O) groups excluding carboxylic acids is 2. The van der Waals surface area contributed by atoms with Crippen molar-refractivity contribution in [3.8, 4) is 5.75 Å². The van der Waals surface area contributed by atoms with Gasteiger partial charge in [0, 0.05) is 28.5 Å². The Morgan fingerprint density at radius 3 is 2.67 bits per heavy atom. The molecule has 0 radical (unpaired) electrons. The quantitative estimate of drug-likeness (QED) is 0.250. The van der Waals surface area contributed by atoms with Crippen LogP contribution in [0.15, 0.2) is 65.0 Å². The minimum atomic E-state index is -0.603. The van der Waals surface area contributed by atoms with Crippen molar-refractivity contribution in [3.05, 3.63) is 65.6 Å². The molecule has 1 aromatic carbocycles. The number of rotatable bonds is 9. The molecule has 1 aromatic heterocycles. The number of hydrogen-bond acceptors (Lipinski definition) is 7. The number of esters is 1. The molecule has 3 heterocycles. The number of aryl methyl sites for hydroxylation is 1. The first-order valence-corrected chi connectivity index (χ1v) is 12.5. The summed E-state index contributed by atoms with van der Waals surface area (Å²) in [5, 5.41) is -0.244. The summed E-state index contributed by atoms with van der Waals surface area (Å²) in [4.78, 5) is 28.0. The summed E-state index contributed by atoms with van der Waals surface area (Å²) < 4.78 is 25.0. The summed E-state index contributed by atoms with van der Waals surface area (Å²) in [6.45, 7) is -0.0159. The van der Waals surface area contributed by atoms with Crippen LogP contribution in [-0.2, 0) is 27.5 Å². The average molecular weight is 491 g/mol. The Kier molecular flexibility index (Phi) is 7.56. The lowest BCUT2D eigenvalue weighted by Gasteiger charge is -2.48. The van der Waals surface area contributed by atoms with Crippen LogP contribution in [0.3, 0.4) is 0 Å². The van der Waals surface area contributed by atoms with Gasteiger partial charge in [0.2, 0.25) is 5.91 Å². The van der Waals surface area contributed by atoms with Crippen LogP contribution in [0.1, 0.15) is 5.56 Å². The van der Waals surface area contributed by atoms with Crippen LogP contribution in [0.5, 0.6) is 5.75 Å². The van der Waals surface area contributed by atoms with E-state index in [1.807, 2.05) is 36.7 Å². The van der Waals surface area contributed by atoms with E-state index in [2.05, 4.69) is 0 Å². The van der Waals surface area contributed by atoms with Crippen LogP contribution in [-0.4, -0.2) is 53.5 Å². The lowest BCUT2D eigenvalue weighted by molar-refractivity contribution is -0.697. The molecule has 0 bridgehead atoms. The fourth-order valence-corrected chi connectivity index (χ4v) is 5.89. The number of pyridine rings is 1. The molecular weight excluding hydrogens is 465 g/mol. The molecule has 4 rings (SSSR count). The highest BCUT2D eigenvalue weighted by molar-refractivity contribution is 8.01. The number of β-lactam (4-membered cyclic amide) rings is 1. The van der Waals surface area contributed by atoms with Crippen LogP contribution in [0.4, 0.5) is 4.39 Å². The highest BCUT2D eigenvalue weighted by Crippen LogP contribution is 2.41. The second kappa shape index (κ2) is 10.6. The maximum Gasteiger partial charge on any atom is 0.355 e. The van der Waals surface area contributed by atoms with E-state index < -0.39 is 18.7 Å². The maximum atomic E-state index is 13.1. The standard InChI is InChI=1S/C23H25FN3O4S2/c1-30-17-4-2-15(3-5-17)12-31-23(29)20-16(14-33-22-19(25)21(28)27(20)22)13-32-18-6-9-26(10-7-18)11-8-24/h2-7,9-10,19,22H,8,11-14,25H2,1H3/q+1/t19?,22-/m0/s1. The largest absolute Gasteiger partial charge is 0.497 e. The monoisotopic (exact) mass is 490 g/mol. The number of benzene rings is 1. The van der Waals surface area contributed by atoms with Crippen molar-refractivity contribution in [1.29, 1.82) is 0 Å². The zero-order chi connectivity index (χ0) is 23.4. The van der Waals surface area contributed by atoms with E-state index >= 15 is 0 Å². The van der Waals surface area contributed by atoms with Gasteiger partial charge in [-0.05, 0) is 23.3 Å². The summed E-state index contributed by atoms with van der Waals surface area (Å²) in [5.41, 5.74) is 7.90. The van der Waals surface area contributed by atoms with E-state index in [0.29, 0.717) is 23.7 Å². The molecule has 1 saturated heterocycles. The number of aromatic nitrogens is 1. The molecular formula is C23H25FN3O4S2+. The molecule has 2 aliphatic heterocycles. The number of fused-ring (bicyclic) bond motifs is 1. The molecule has 0 saturated carbocycles. The van der Waals surface area contributed by atoms with E-state index in [1.54, 1.807) is 47.3 Å². The van der Waals surface area contributed by atoms with Crippen LogP contribution in [0.2, 0.25) is 0 Å². The first-order chi connectivity index (χ1) is 16.0. The van der Waals surface area contributed by atoms with Gasteiger partial charge in [-0.1, -0.05) is 12.1 Å². The molecule has 2 N–H and O–H groups in total. The van der Waals surface area contributed by atoms with Crippen molar-refractivity contribution >= 4 is 35.4 Å². The minimum absolute atomic E-state index is 0.0892. The molecule has 174 valence electrons. The number of alkyl halides is 1. The third-order valence-electron chi connectivity index (χ3n) is 5.43. The molecule has 2 atom stereocenters. The summed E-state index contributed by atoms with van der Waals surface area (Å²) in [6, 6.07) is 10.5. The number of thioether (sulfide) groups is 2. The molecule has 2 aliphatic rings. The maximum absolute atomic E-state index is 13.1. The van der Waals surface area contributed by atoms with Crippen molar-refractivity contribution in [2.75, 3.05) is 25.3 Å². The number of methoxy groups -OCH3 is 1. The Bertz CT molecular complexity index is 1050. The highest BCUT2D eigenvalue weighted by atomic mass is 32.2. The lowest BCUT2D eigenvalue weighted by atomic mass is 10.0. The zero-order valence-electron chi connectivity index (χ0n) is 18.1. The summed E-state index contributed by atoms with van der Waals surface area (Å²) in [6.07, 6.45) is 3.65. The lowest BCUT2D eigenvalue weighted by Crippen LogP contribution is -2.68. The van der Waals surface area contributed by atoms with Gasteiger partial charge in [-0.25, -0.2) is 13.8 Å². The van der Waals surface area contributed by atoms with Crippen molar-refractivity contribution in [2.45, 2.75) is 29.5 Å². The van der Waals surface area contributed by atoms with Crippen molar-refractivity contribution < 1.29 is 28.0 Å². The highest BCUT2D eigenvalue weighted by Gasteiger charge is 2.52. The number of hydrogen-bond donors (Lipinski definition) is 1. The van der Waals surface area contributed by atoms with Gasteiger partial charge in [-0.15, -0.1) is 23.5 Å². The van der Waals surface area contributed by atoms with Crippen LogP contribution in [0.25, 0.3) is 0 Å². The number of carbonyl (C=O) groups is 2. The summed E-state index contributed by atoms with van der Waals surface area (Å²) in [7, 11) is 1.59. The normalized spacial score (nSPS) is 19.7. The van der Waals surface area contributed by atoms with Gasteiger partial charge in [0.25, 0.3) is 0 Å². The van der Waals surface area contributed by atoms with Crippen molar-refractivity contribution in [1.82, 2.24) is 4.90 Å². The van der Waals surface area contributed by atoms with Gasteiger partial charge < -0.3 is 15.2 Å². The Hall–Kier alpha value is -2.56. The topological polar surface area (TPSA) is 85.7 Å². The minimum Gasteiger partial charge on any atom is -0.497 e. The van der Waals surface area contributed by atoms with Crippen LogP contribution < -0.4 is 15.0 Å². The molecule has 0 spiro atoms. The van der Waals surface area contributed by atoms with Gasteiger partial charge in [0.15, 0.2) is 18.9 Å². The third kappa shape index (κ3) is 5.18. The Morgan fingerprint density at radius 2 is 2.00 bits per heavy atom. The Balaban J connectivity index is 1.48. The predicted molar refractivity (Wildman–Crippen MR) is 124 cm³/mol. The van der Waals surface area contributed by atoms with E-state index in [0.717, 1.165) is 21.8 Å². The summed E-state index contributed by atoms with van der Waals surface area (Å²) >= 11 is 3.11. The fourth-order valence-electron chi connectivity index (χ4n) is 3.58. The van der Waals surface area contributed by atoms with E-state index in [1.165, 1.54) is 4.90 Å². The smallest absolute Gasteiger partial charge is 0.355 e. The predicted octanol–water partition coefficient (Wildman–Crippen LogP) is 2.28. The van der Waals surface area contributed by atoms with Crippen molar-refractivity contribution in [2.24, 2.45) is 5.73 Å². The van der Waals surface area contributed by atoms with E-state index in [-0.39, 0.29) is 17.9 Å². The van der Waals surface area contributed by atoms with Gasteiger partial charge >= 0.3 is 5.97 Å². The van der Waals surface area contributed by atoms with Crippen LogP contribution in [0, 0.1) is 0 Å². The first kappa shape index (κ1) is 23.6. The second-order valence-electron chi connectivity index (χ2n) is 7.56. The Labute approximate surface area is 200 Å². The molecule has 0 aliphatic carbocycles. The van der Waals surface area contributed by atoms with Gasteiger partial charge in [0.1, 0.15) is 36.1 Å².